The van der Waals surface area contributed by atoms with Crippen LogP contribution in [0.25, 0.3) is 0 Å². The Morgan fingerprint density at radius 2 is 2.04 bits per heavy atom. The number of ether oxygens (including phenoxy) is 1. The summed E-state index contributed by atoms with van der Waals surface area (Å²) in [5.74, 6) is -0.531. The Hall–Kier alpha value is -1.44. The number of methoxy groups -OCH3 is 1. The molecule has 23 heavy (non-hydrogen) atoms. The number of likely N-dealkylation sites (N-methyl/N-ethyl adjacent to an activating group) is 1. The van der Waals surface area contributed by atoms with Crippen LogP contribution in [-0.2, 0) is 14.8 Å². The molecule has 0 spiro atoms. The second-order valence-corrected chi connectivity index (χ2v) is 7.81. The van der Waals surface area contributed by atoms with E-state index in [0.717, 1.165) is 18.4 Å². The Bertz CT molecular complexity index is 700. The van der Waals surface area contributed by atoms with E-state index in [1.54, 1.807) is 19.9 Å². The van der Waals surface area contributed by atoms with Gasteiger partial charge in [0, 0.05) is 19.1 Å². The van der Waals surface area contributed by atoms with Crippen molar-refractivity contribution in [3.8, 4) is 0 Å². The van der Waals surface area contributed by atoms with Gasteiger partial charge in [-0.05, 0) is 57.0 Å². The van der Waals surface area contributed by atoms with Crippen LogP contribution in [-0.4, -0.2) is 52.0 Å². The number of nitrogens with zero attached hydrogens (tertiary/aromatic N) is 1. The fraction of sp³-hybridized carbons (Fsp3) is 0.562. The maximum atomic E-state index is 13.0. The van der Waals surface area contributed by atoms with E-state index in [1.807, 2.05) is 7.05 Å². The van der Waals surface area contributed by atoms with Crippen molar-refractivity contribution in [2.45, 2.75) is 37.6 Å². The molecule has 0 saturated carbocycles. The van der Waals surface area contributed by atoms with E-state index in [-0.39, 0.29) is 16.5 Å². The highest BCUT2D eigenvalue weighted by Crippen LogP contribution is 2.27. The summed E-state index contributed by atoms with van der Waals surface area (Å²) < 4.78 is 32.3. The molecule has 1 aliphatic heterocycles. The molecule has 0 aliphatic carbocycles. The molecule has 1 N–H and O–H groups in total. The van der Waals surface area contributed by atoms with Crippen LogP contribution >= 0.6 is 0 Å². The average molecular weight is 340 g/mol. The van der Waals surface area contributed by atoms with Crippen LogP contribution < -0.4 is 5.32 Å². The van der Waals surface area contributed by atoms with Crippen molar-refractivity contribution in [2.75, 3.05) is 27.2 Å². The Labute approximate surface area is 137 Å². The summed E-state index contributed by atoms with van der Waals surface area (Å²) in [4.78, 5) is 12.0. The number of nitrogens with one attached hydrogen (secondary N) is 1. The van der Waals surface area contributed by atoms with Gasteiger partial charge in [-0.3, -0.25) is 0 Å². The lowest BCUT2D eigenvalue weighted by Crippen LogP contribution is -2.47. The van der Waals surface area contributed by atoms with Crippen molar-refractivity contribution in [1.82, 2.24) is 9.62 Å². The molecule has 2 rings (SSSR count). The molecule has 1 aliphatic rings. The quantitative estimate of drug-likeness (QED) is 0.840. The van der Waals surface area contributed by atoms with Gasteiger partial charge in [-0.15, -0.1) is 0 Å². The number of rotatable bonds is 4. The summed E-state index contributed by atoms with van der Waals surface area (Å²) >= 11 is 0. The SMILES string of the molecule is CNC1CCCN(S(=O)(=O)c2cc(C(=O)OC)cc(C)c2C)C1. The lowest BCUT2D eigenvalue weighted by atomic mass is 10.1. The van der Waals surface area contributed by atoms with Crippen molar-refractivity contribution in [3.63, 3.8) is 0 Å². The van der Waals surface area contributed by atoms with Crippen LogP contribution in [0.15, 0.2) is 17.0 Å². The molecule has 0 amide bonds. The molecule has 1 unspecified atom stereocenters. The third-order valence-corrected chi connectivity index (χ3v) is 6.44. The fourth-order valence-electron chi connectivity index (χ4n) is 2.87. The van der Waals surface area contributed by atoms with Gasteiger partial charge < -0.3 is 10.1 Å². The van der Waals surface area contributed by atoms with Crippen molar-refractivity contribution >= 4 is 16.0 Å². The van der Waals surface area contributed by atoms with Gasteiger partial charge in [0.2, 0.25) is 10.0 Å². The zero-order valence-electron chi connectivity index (χ0n) is 14.0. The van der Waals surface area contributed by atoms with Gasteiger partial charge in [-0.1, -0.05) is 0 Å². The molecule has 6 nitrogen and oxygen atoms in total. The normalized spacial score (nSPS) is 19.6. The highest BCUT2D eigenvalue weighted by atomic mass is 32.2. The van der Waals surface area contributed by atoms with Gasteiger partial charge in [-0.2, -0.15) is 4.31 Å². The minimum Gasteiger partial charge on any atom is -0.465 e. The Morgan fingerprint density at radius 3 is 2.65 bits per heavy atom. The van der Waals surface area contributed by atoms with Gasteiger partial charge in [0.05, 0.1) is 17.6 Å². The number of piperidine rings is 1. The zero-order chi connectivity index (χ0) is 17.2. The third-order valence-electron chi connectivity index (χ3n) is 4.45. The second-order valence-electron chi connectivity index (χ2n) is 5.90. The summed E-state index contributed by atoms with van der Waals surface area (Å²) in [6.45, 7) is 4.51. The number of carbonyl (C=O) groups is 1. The molecule has 0 bridgehead atoms. The minimum atomic E-state index is -3.64. The predicted octanol–water partition coefficient (Wildman–Crippen LogP) is 1.46. The zero-order valence-corrected chi connectivity index (χ0v) is 14.9. The highest BCUT2D eigenvalue weighted by molar-refractivity contribution is 7.89. The first-order valence-corrected chi connectivity index (χ1v) is 9.12. The number of hydrogen-bond donors (Lipinski definition) is 1. The number of esters is 1. The van der Waals surface area contributed by atoms with Crippen LogP contribution in [0.1, 0.15) is 34.3 Å². The van der Waals surface area contributed by atoms with Crippen LogP contribution in [0.4, 0.5) is 0 Å². The molecular weight excluding hydrogens is 316 g/mol. The van der Waals surface area contributed by atoms with Crippen molar-refractivity contribution in [1.29, 1.82) is 0 Å². The first-order chi connectivity index (χ1) is 10.8. The molecule has 1 atom stereocenters. The van der Waals surface area contributed by atoms with Gasteiger partial charge in [0.25, 0.3) is 0 Å². The van der Waals surface area contributed by atoms with Gasteiger partial charge in [0.15, 0.2) is 0 Å². The number of sulfonamides is 1. The Morgan fingerprint density at radius 1 is 1.35 bits per heavy atom. The summed E-state index contributed by atoms with van der Waals surface area (Å²) in [5, 5.41) is 3.14. The standard InChI is InChI=1S/C16H24N2O4S/c1-11-8-13(16(19)22-4)9-15(12(11)2)23(20,21)18-7-5-6-14(10-18)17-3/h8-9,14,17H,5-7,10H2,1-4H3. The monoisotopic (exact) mass is 340 g/mol. The maximum Gasteiger partial charge on any atom is 0.337 e. The minimum absolute atomic E-state index is 0.156. The average Bonchev–Trinajstić information content (AvgIpc) is 2.56. The van der Waals surface area contributed by atoms with E-state index in [0.29, 0.717) is 18.7 Å². The number of carbonyl (C=O) groups excluding carboxylic acids is 1. The number of benzene rings is 1. The summed E-state index contributed by atoms with van der Waals surface area (Å²) in [6.07, 6.45) is 1.78. The fourth-order valence-corrected chi connectivity index (χ4v) is 4.71. The predicted molar refractivity (Wildman–Crippen MR) is 88.1 cm³/mol. The molecular formula is C16H24N2O4S. The largest absolute Gasteiger partial charge is 0.465 e. The summed E-state index contributed by atoms with van der Waals surface area (Å²) in [7, 11) is -0.510. The molecule has 0 radical (unpaired) electrons. The van der Waals surface area contributed by atoms with Gasteiger partial charge in [0.1, 0.15) is 0 Å². The summed E-state index contributed by atoms with van der Waals surface area (Å²) in [6, 6.07) is 3.24. The molecule has 128 valence electrons. The molecule has 1 heterocycles. The lowest BCUT2D eigenvalue weighted by molar-refractivity contribution is 0.0600. The van der Waals surface area contributed by atoms with Crippen LogP contribution in [0.5, 0.6) is 0 Å². The van der Waals surface area contributed by atoms with E-state index in [4.69, 9.17) is 4.74 Å². The van der Waals surface area contributed by atoms with Crippen molar-refractivity contribution < 1.29 is 17.9 Å². The lowest BCUT2D eigenvalue weighted by Gasteiger charge is -2.32. The second kappa shape index (κ2) is 6.98. The molecule has 1 fully saturated rings. The van der Waals surface area contributed by atoms with E-state index in [2.05, 4.69) is 5.32 Å². The van der Waals surface area contributed by atoms with E-state index >= 15 is 0 Å². The Kier molecular flexibility index (Phi) is 5.44. The van der Waals surface area contributed by atoms with Crippen molar-refractivity contribution in [3.05, 3.63) is 28.8 Å². The Balaban J connectivity index is 2.46. The molecule has 0 aromatic heterocycles. The van der Waals surface area contributed by atoms with E-state index in [9.17, 15) is 13.2 Å². The highest BCUT2D eigenvalue weighted by Gasteiger charge is 2.31. The van der Waals surface area contributed by atoms with Crippen LogP contribution in [0, 0.1) is 13.8 Å². The topological polar surface area (TPSA) is 75.7 Å². The molecule has 1 saturated heterocycles. The molecule has 7 heteroatoms. The van der Waals surface area contributed by atoms with E-state index in [1.165, 1.54) is 17.5 Å². The van der Waals surface area contributed by atoms with Crippen LogP contribution in [0.2, 0.25) is 0 Å². The van der Waals surface area contributed by atoms with Gasteiger partial charge in [-0.25, -0.2) is 13.2 Å². The van der Waals surface area contributed by atoms with E-state index < -0.39 is 16.0 Å². The number of aryl methyl sites for hydroxylation is 1. The van der Waals surface area contributed by atoms with Crippen LogP contribution in [0.3, 0.4) is 0 Å². The third kappa shape index (κ3) is 3.57. The molecule has 1 aromatic rings. The van der Waals surface area contributed by atoms with Crippen molar-refractivity contribution in [2.24, 2.45) is 0 Å². The molecule has 1 aromatic carbocycles. The summed E-state index contributed by atoms with van der Waals surface area (Å²) in [5.41, 5.74) is 1.69. The number of hydrogen-bond acceptors (Lipinski definition) is 5. The maximum absolute atomic E-state index is 13.0. The van der Waals surface area contributed by atoms with Gasteiger partial charge >= 0.3 is 5.97 Å². The first-order valence-electron chi connectivity index (χ1n) is 7.68. The smallest absolute Gasteiger partial charge is 0.337 e. The first kappa shape index (κ1) is 17.9.